The van der Waals surface area contributed by atoms with E-state index in [1.807, 2.05) is 0 Å². The Hall–Kier alpha value is -5.53. The Kier molecular flexibility index (Phi) is 6.09. The van der Waals surface area contributed by atoms with E-state index in [2.05, 4.69) is 181 Å². The van der Waals surface area contributed by atoms with Gasteiger partial charge in [-0.25, -0.2) is 0 Å². The number of rotatable bonds is 4. The lowest BCUT2D eigenvalue weighted by Crippen LogP contribution is -2.64. The lowest BCUT2D eigenvalue weighted by molar-refractivity contribution is 1.30. The van der Waals surface area contributed by atoms with E-state index in [1.54, 1.807) is 0 Å². The van der Waals surface area contributed by atoms with E-state index < -0.39 is 0 Å². The van der Waals surface area contributed by atoms with Gasteiger partial charge in [0.2, 0.25) is 13.4 Å². The first-order chi connectivity index (χ1) is 22.3. The second kappa shape index (κ2) is 10.6. The summed E-state index contributed by atoms with van der Waals surface area (Å²) in [6.07, 6.45) is 0. The molecule has 0 amide bonds. The van der Waals surface area contributed by atoms with Gasteiger partial charge in [-0.05, 0) is 56.2 Å². The van der Waals surface area contributed by atoms with E-state index >= 15 is 0 Å². The second-order valence-corrected chi connectivity index (χ2v) is 12.1. The Morgan fingerprint density at radius 1 is 0.289 bits per heavy atom. The zero-order valence-electron chi connectivity index (χ0n) is 24.8. The fourth-order valence-corrected chi connectivity index (χ4v) is 7.60. The molecular weight excluding hydrogens is 540 g/mol. The van der Waals surface area contributed by atoms with Crippen molar-refractivity contribution in [2.45, 2.75) is 0 Å². The molecule has 0 radical (unpaired) electrons. The highest BCUT2D eigenvalue weighted by Gasteiger charge is 2.42. The van der Waals surface area contributed by atoms with Crippen LogP contribution in [0.15, 0.2) is 176 Å². The number of nitrogens with zero attached hydrogens (tertiary/aromatic N) is 1. The molecule has 45 heavy (non-hydrogen) atoms. The minimum Gasteiger partial charge on any atom is -0.313 e. The Balaban J connectivity index is 1.22. The monoisotopic (exact) mass is 569 g/mol. The van der Waals surface area contributed by atoms with Gasteiger partial charge >= 0.3 is 0 Å². The number of hydrogen-bond acceptors (Lipinski definition) is 1. The Morgan fingerprint density at radius 3 is 1.09 bits per heavy atom. The van der Waals surface area contributed by atoms with Crippen LogP contribution >= 0.6 is 0 Å². The van der Waals surface area contributed by atoms with Gasteiger partial charge in [-0.2, -0.15) is 0 Å². The van der Waals surface area contributed by atoms with Crippen molar-refractivity contribution in [1.29, 1.82) is 0 Å². The molecule has 0 unspecified atom stereocenters. The molecule has 9 rings (SSSR count). The predicted octanol–water partition coefficient (Wildman–Crippen LogP) is 6.15. The third kappa shape index (κ3) is 4.19. The SMILES string of the molecule is c1ccc(-c2ccc(B3c4ccccc4N4c5ccccc5B(c5ccc(-c6ccccc6)cc5)c5cccc3c54)cc2)cc1. The Morgan fingerprint density at radius 2 is 0.644 bits per heavy atom. The van der Waals surface area contributed by atoms with Crippen molar-refractivity contribution in [1.82, 2.24) is 0 Å². The minimum atomic E-state index is 0.142. The van der Waals surface area contributed by atoms with Crippen molar-refractivity contribution >= 4 is 63.3 Å². The summed E-state index contributed by atoms with van der Waals surface area (Å²) < 4.78 is 0. The molecule has 0 atom stereocenters. The molecule has 0 saturated carbocycles. The predicted molar refractivity (Wildman–Crippen MR) is 194 cm³/mol. The third-order valence-electron chi connectivity index (χ3n) is 9.62. The van der Waals surface area contributed by atoms with Crippen molar-refractivity contribution in [2.75, 3.05) is 4.90 Å². The van der Waals surface area contributed by atoms with E-state index in [0.29, 0.717) is 0 Å². The van der Waals surface area contributed by atoms with Gasteiger partial charge in [0.1, 0.15) is 0 Å². The van der Waals surface area contributed by atoms with Crippen molar-refractivity contribution in [3.05, 3.63) is 176 Å². The van der Waals surface area contributed by atoms with Gasteiger partial charge in [-0.3, -0.25) is 0 Å². The molecule has 7 aromatic carbocycles. The first-order valence-electron chi connectivity index (χ1n) is 15.8. The fourth-order valence-electron chi connectivity index (χ4n) is 7.60. The van der Waals surface area contributed by atoms with Crippen LogP contribution in [0.2, 0.25) is 0 Å². The van der Waals surface area contributed by atoms with Gasteiger partial charge in [0.25, 0.3) is 0 Å². The highest BCUT2D eigenvalue weighted by atomic mass is 15.2. The standard InChI is InChI=1S/C42H29B2N/c1-3-12-30(13-4-1)32-22-26-34(27-23-32)43-36-16-7-9-20-40(36)45-41-21-10-8-17-37(41)44(39-19-11-18-38(43)42(39)45)35-28-24-33(25-29-35)31-14-5-2-6-15-31/h1-29H. The van der Waals surface area contributed by atoms with Crippen LogP contribution in [-0.4, -0.2) is 13.4 Å². The van der Waals surface area contributed by atoms with E-state index in [0.717, 1.165) is 0 Å². The lowest BCUT2D eigenvalue weighted by Gasteiger charge is -2.43. The summed E-state index contributed by atoms with van der Waals surface area (Å²) in [4.78, 5) is 2.53. The van der Waals surface area contributed by atoms with Crippen LogP contribution in [0.1, 0.15) is 0 Å². The van der Waals surface area contributed by atoms with Crippen LogP contribution in [0.25, 0.3) is 22.3 Å². The molecule has 0 bridgehead atoms. The molecule has 0 aromatic heterocycles. The molecule has 0 fully saturated rings. The molecule has 2 heterocycles. The van der Waals surface area contributed by atoms with Crippen LogP contribution in [0.3, 0.4) is 0 Å². The molecule has 2 aliphatic heterocycles. The number of fused-ring (bicyclic) bond motifs is 4. The molecule has 208 valence electrons. The summed E-state index contributed by atoms with van der Waals surface area (Å²) in [6, 6.07) is 64.7. The highest BCUT2D eigenvalue weighted by Crippen LogP contribution is 2.37. The average Bonchev–Trinajstić information content (AvgIpc) is 3.12. The van der Waals surface area contributed by atoms with Crippen molar-refractivity contribution in [2.24, 2.45) is 0 Å². The van der Waals surface area contributed by atoms with Gasteiger partial charge in [0, 0.05) is 17.1 Å². The molecule has 1 nitrogen and oxygen atoms in total. The molecule has 0 N–H and O–H groups in total. The van der Waals surface area contributed by atoms with E-state index in [9.17, 15) is 0 Å². The second-order valence-electron chi connectivity index (χ2n) is 12.1. The number of anilines is 3. The number of para-hydroxylation sites is 3. The maximum absolute atomic E-state index is 2.53. The fraction of sp³-hybridized carbons (Fsp3) is 0. The molecule has 0 spiro atoms. The van der Waals surface area contributed by atoms with Crippen molar-refractivity contribution < 1.29 is 0 Å². The summed E-state index contributed by atoms with van der Waals surface area (Å²) in [5.74, 6) is 0. The van der Waals surface area contributed by atoms with Crippen LogP contribution in [0.5, 0.6) is 0 Å². The van der Waals surface area contributed by atoms with E-state index in [4.69, 9.17) is 0 Å². The number of hydrogen-bond donors (Lipinski definition) is 0. The van der Waals surface area contributed by atoms with Gasteiger partial charge in [-0.15, -0.1) is 0 Å². The topological polar surface area (TPSA) is 3.24 Å². The first-order valence-corrected chi connectivity index (χ1v) is 15.8. The van der Waals surface area contributed by atoms with Crippen LogP contribution in [0, 0.1) is 0 Å². The summed E-state index contributed by atoms with van der Waals surface area (Å²) in [5, 5.41) is 0. The van der Waals surface area contributed by atoms with Crippen molar-refractivity contribution in [3.8, 4) is 22.3 Å². The zero-order chi connectivity index (χ0) is 29.7. The van der Waals surface area contributed by atoms with Gasteiger partial charge in [0.05, 0.1) is 0 Å². The summed E-state index contributed by atoms with van der Waals surface area (Å²) in [5.41, 5.74) is 16.9. The first kappa shape index (κ1) is 25.9. The molecule has 7 aromatic rings. The Bertz CT molecular complexity index is 2000. The van der Waals surface area contributed by atoms with Crippen molar-refractivity contribution in [3.63, 3.8) is 0 Å². The minimum absolute atomic E-state index is 0.142. The summed E-state index contributed by atoms with van der Waals surface area (Å²) in [7, 11) is 0. The largest absolute Gasteiger partial charge is 0.313 e. The number of benzene rings is 7. The normalized spacial score (nSPS) is 12.8. The lowest BCUT2D eigenvalue weighted by atomic mass is 9.30. The molecule has 0 aliphatic carbocycles. The molecular formula is C42H29B2N. The highest BCUT2D eigenvalue weighted by molar-refractivity contribution is 7.02. The quantitative estimate of drug-likeness (QED) is 0.230. The molecule has 3 heteroatoms. The zero-order valence-corrected chi connectivity index (χ0v) is 24.8. The Labute approximate surface area is 265 Å². The summed E-state index contributed by atoms with van der Waals surface area (Å²) in [6.45, 7) is 0.284. The maximum atomic E-state index is 2.53. The van der Waals surface area contributed by atoms with Gasteiger partial charge < -0.3 is 4.90 Å². The molecule has 0 saturated heterocycles. The van der Waals surface area contributed by atoms with E-state index in [-0.39, 0.29) is 13.4 Å². The summed E-state index contributed by atoms with van der Waals surface area (Å²) >= 11 is 0. The average molecular weight is 569 g/mol. The van der Waals surface area contributed by atoms with Gasteiger partial charge in [0.15, 0.2) is 0 Å². The maximum Gasteiger partial charge on any atom is 0.246 e. The van der Waals surface area contributed by atoms with Crippen LogP contribution in [0.4, 0.5) is 17.1 Å². The van der Waals surface area contributed by atoms with Crippen LogP contribution < -0.4 is 37.7 Å². The smallest absolute Gasteiger partial charge is 0.246 e. The third-order valence-corrected chi connectivity index (χ3v) is 9.62. The van der Waals surface area contributed by atoms with Crippen LogP contribution in [-0.2, 0) is 0 Å². The molecule has 2 aliphatic rings. The van der Waals surface area contributed by atoms with E-state index in [1.165, 1.54) is 72.1 Å². The van der Waals surface area contributed by atoms with Gasteiger partial charge in [-0.1, -0.05) is 175 Å².